The molecule has 5 heteroatoms. The van der Waals surface area contributed by atoms with Crippen molar-refractivity contribution in [2.75, 3.05) is 7.11 Å². The lowest BCUT2D eigenvalue weighted by Crippen LogP contribution is -2.30. The van der Waals surface area contributed by atoms with Crippen LogP contribution >= 0.6 is 0 Å². The smallest absolute Gasteiger partial charge is 0.245 e. The molecule has 25 heavy (non-hydrogen) atoms. The predicted octanol–water partition coefficient (Wildman–Crippen LogP) is 3.73. The number of phenolic OH excluding ortho intramolecular Hbond substituents is 1. The number of rotatable bonds is 4. The third-order valence-electron chi connectivity index (χ3n) is 4.35. The Labute approximate surface area is 147 Å². The van der Waals surface area contributed by atoms with Crippen molar-refractivity contribution < 1.29 is 14.6 Å². The van der Waals surface area contributed by atoms with Crippen LogP contribution in [0.5, 0.6) is 11.5 Å². The monoisotopic (exact) mass is 338 g/mol. The molecule has 1 atom stereocenters. The number of hydrazone groups is 1. The van der Waals surface area contributed by atoms with E-state index in [1.165, 1.54) is 5.01 Å². The maximum Gasteiger partial charge on any atom is 0.245 e. The first-order valence-corrected chi connectivity index (χ1v) is 8.34. The van der Waals surface area contributed by atoms with Gasteiger partial charge in [-0.2, -0.15) is 5.10 Å². The van der Waals surface area contributed by atoms with Crippen molar-refractivity contribution >= 4 is 11.6 Å². The van der Waals surface area contributed by atoms with Crippen molar-refractivity contribution in [2.45, 2.75) is 26.3 Å². The second-order valence-electron chi connectivity index (χ2n) is 6.39. The summed E-state index contributed by atoms with van der Waals surface area (Å²) in [4.78, 5) is 12.6. The van der Waals surface area contributed by atoms with Crippen LogP contribution in [0.25, 0.3) is 0 Å². The molecule has 0 fully saturated rings. The Bertz CT molecular complexity index is 797. The largest absolute Gasteiger partial charge is 0.508 e. The number of hydrogen-bond acceptors (Lipinski definition) is 4. The van der Waals surface area contributed by atoms with Crippen LogP contribution in [0.3, 0.4) is 0 Å². The lowest BCUT2D eigenvalue weighted by atomic mass is 9.97. The Hall–Kier alpha value is -2.82. The molecule has 0 saturated heterocycles. The van der Waals surface area contributed by atoms with Gasteiger partial charge < -0.3 is 9.84 Å². The first kappa shape index (κ1) is 17.0. The highest BCUT2D eigenvalue weighted by Crippen LogP contribution is 2.37. The van der Waals surface area contributed by atoms with Crippen molar-refractivity contribution in [1.82, 2.24) is 5.01 Å². The van der Waals surface area contributed by atoms with Gasteiger partial charge in [-0.1, -0.05) is 32.0 Å². The molecule has 0 spiro atoms. The van der Waals surface area contributed by atoms with Crippen molar-refractivity contribution in [3.8, 4) is 11.5 Å². The number of aromatic hydroxyl groups is 1. The summed E-state index contributed by atoms with van der Waals surface area (Å²) in [6, 6.07) is 14.4. The SMILES string of the molecule is COc1ccc(C2=NN(C(=O)C(C)C)C(c3ccccc3O)C2)cc1. The lowest BCUT2D eigenvalue weighted by molar-refractivity contribution is -0.136. The third kappa shape index (κ3) is 3.36. The van der Waals surface area contributed by atoms with Crippen LogP contribution in [0.4, 0.5) is 0 Å². The Balaban J connectivity index is 1.97. The molecule has 0 radical (unpaired) electrons. The van der Waals surface area contributed by atoms with E-state index in [4.69, 9.17) is 4.74 Å². The lowest BCUT2D eigenvalue weighted by Gasteiger charge is -2.24. The van der Waals surface area contributed by atoms with Gasteiger partial charge in [-0.25, -0.2) is 5.01 Å². The topological polar surface area (TPSA) is 62.1 Å². The quantitative estimate of drug-likeness (QED) is 0.924. The Morgan fingerprint density at radius 1 is 1.20 bits per heavy atom. The van der Waals surface area contributed by atoms with Crippen LogP contribution < -0.4 is 4.74 Å². The minimum atomic E-state index is -0.298. The average molecular weight is 338 g/mol. The zero-order valence-corrected chi connectivity index (χ0v) is 14.6. The number of benzene rings is 2. The number of amides is 1. The number of phenols is 1. The fourth-order valence-corrected chi connectivity index (χ4v) is 2.95. The minimum Gasteiger partial charge on any atom is -0.508 e. The molecule has 2 aromatic rings. The molecular formula is C20H22N2O3. The maximum absolute atomic E-state index is 12.6. The second kappa shape index (κ2) is 6.97. The highest BCUT2D eigenvalue weighted by Gasteiger charge is 2.35. The standard InChI is InChI=1S/C20H22N2O3/c1-13(2)20(24)22-18(16-6-4-5-7-19(16)23)12-17(21-22)14-8-10-15(25-3)11-9-14/h4-11,13,18,23H,12H2,1-3H3. The van der Waals surface area contributed by atoms with Gasteiger partial charge in [-0.15, -0.1) is 0 Å². The normalized spacial score (nSPS) is 16.9. The van der Waals surface area contributed by atoms with Crippen LogP contribution in [0.15, 0.2) is 53.6 Å². The number of carbonyl (C=O) groups excluding carboxylic acids is 1. The fraction of sp³-hybridized carbons (Fsp3) is 0.300. The molecular weight excluding hydrogens is 316 g/mol. The van der Waals surface area contributed by atoms with E-state index in [1.54, 1.807) is 19.2 Å². The summed E-state index contributed by atoms with van der Waals surface area (Å²) >= 11 is 0. The number of nitrogens with zero attached hydrogens (tertiary/aromatic N) is 2. The Morgan fingerprint density at radius 3 is 2.48 bits per heavy atom. The van der Waals surface area contributed by atoms with Crippen LogP contribution in [0.2, 0.25) is 0 Å². The second-order valence-corrected chi connectivity index (χ2v) is 6.39. The zero-order valence-electron chi connectivity index (χ0n) is 14.6. The van der Waals surface area contributed by atoms with Gasteiger partial charge in [0.2, 0.25) is 5.91 Å². The molecule has 0 bridgehead atoms. The molecule has 0 saturated carbocycles. The van der Waals surface area contributed by atoms with Crippen molar-refractivity contribution in [1.29, 1.82) is 0 Å². The van der Waals surface area contributed by atoms with Crippen molar-refractivity contribution in [3.05, 3.63) is 59.7 Å². The predicted molar refractivity (Wildman–Crippen MR) is 96.7 cm³/mol. The van der Waals surface area contributed by atoms with Gasteiger partial charge in [0.25, 0.3) is 0 Å². The van der Waals surface area contributed by atoms with Gasteiger partial charge in [0.1, 0.15) is 11.5 Å². The summed E-state index contributed by atoms with van der Waals surface area (Å²) in [6.07, 6.45) is 0.558. The number of hydrogen-bond donors (Lipinski definition) is 1. The maximum atomic E-state index is 12.6. The number of para-hydroxylation sites is 1. The van der Waals surface area contributed by atoms with Crippen LogP contribution in [-0.2, 0) is 4.79 Å². The van der Waals surface area contributed by atoms with E-state index in [-0.39, 0.29) is 23.6 Å². The number of methoxy groups -OCH3 is 1. The van der Waals surface area contributed by atoms with Gasteiger partial charge in [0, 0.05) is 17.9 Å². The van der Waals surface area contributed by atoms with Crippen LogP contribution in [0.1, 0.15) is 37.4 Å². The fourth-order valence-electron chi connectivity index (χ4n) is 2.95. The van der Waals surface area contributed by atoms with Crippen molar-refractivity contribution in [3.63, 3.8) is 0 Å². The Morgan fingerprint density at radius 2 is 1.88 bits per heavy atom. The summed E-state index contributed by atoms with van der Waals surface area (Å²) in [6.45, 7) is 3.70. The van der Waals surface area contributed by atoms with E-state index in [9.17, 15) is 9.90 Å². The molecule has 3 rings (SSSR count). The number of ether oxygens (including phenoxy) is 1. The van der Waals surface area contributed by atoms with Gasteiger partial charge in [0.05, 0.1) is 18.9 Å². The average Bonchev–Trinajstić information content (AvgIpc) is 3.06. The molecule has 1 unspecified atom stereocenters. The first-order chi connectivity index (χ1) is 12.0. The summed E-state index contributed by atoms with van der Waals surface area (Å²) in [5.41, 5.74) is 2.48. The molecule has 1 aliphatic heterocycles. The summed E-state index contributed by atoms with van der Waals surface area (Å²) in [5.74, 6) is 0.721. The van der Waals surface area contributed by atoms with Gasteiger partial charge in [-0.3, -0.25) is 4.79 Å². The highest BCUT2D eigenvalue weighted by atomic mass is 16.5. The van der Waals surface area contributed by atoms with Crippen molar-refractivity contribution in [2.24, 2.45) is 11.0 Å². The minimum absolute atomic E-state index is 0.0586. The molecule has 130 valence electrons. The number of carbonyl (C=O) groups is 1. The molecule has 1 aliphatic rings. The molecule has 5 nitrogen and oxygen atoms in total. The first-order valence-electron chi connectivity index (χ1n) is 8.34. The van der Waals surface area contributed by atoms with Gasteiger partial charge in [0.15, 0.2) is 0 Å². The highest BCUT2D eigenvalue weighted by molar-refractivity contribution is 6.03. The van der Waals surface area contributed by atoms with E-state index in [0.717, 1.165) is 17.0 Å². The van der Waals surface area contributed by atoms with Crippen LogP contribution in [0, 0.1) is 5.92 Å². The third-order valence-corrected chi connectivity index (χ3v) is 4.35. The van der Waals surface area contributed by atoms with Gasteiger partial charge in [-0.05, 0) is 35.9 Å². The van der Waals surface area contributed by atoms with E-state index < -0.39 is 0 Å². The van der Waals surface area contributed by atoms with Gasteiger partial charge >= 0.3 is 0 Å². The van der Waals surface area contributed by atoms with E-state index in [2.05, 4.69) is 5.10 Å². The zero-order chi connectivity index (χ0) is 18.0. The Kier molecular flexibility index (Phi) is 4.74. The summed E-state index contributed by atoms with van der Waals surface area (Å²) in [5, 5.41) is 16.3. The van der Waals surface area contributed by atoms with E-state index in [1.807, 2.05) is 50.2 Å². The van der Waals surface area contributed by atoms with E-state index in [0.29, 0.717) is 12.0 Å². The molecule has 1 N–H and O–H groups in total. The van der Waals surface area contributed by atoms with Crippen LogP contribution in [-0.4, -0.2) is 28.8 Å². The summed E-state index contributed by atoms with van der Waals surface area (Å²) < 4.78 is 5.19. The molecule has 2 aromatic carbocycles. The van der Waals surface area contributed by atoms with E-state index >= 15 is 0 Å². The summed E-state index contributed by atoms with van der Waals surface area (Å²) in [7, 11) is 1.62. The molecule has 1 heterocycles. The molecule has 0 aromatic heterocycles. The molecule has 0 aliphatic carbocycles. The molecule has 1 amide bonds.